The molecule has 88 valence electrons. The predicted molar refractivity (Wildman–Crippen MR) is 67.1 cm³/mol. The number of benzene rings is 1. The molecule has 1 aromatic carbocycles. The summed E-state index contributed by atoms with van der Waals surface area (Å²) in [5.41, 5.74) is 1.41. The normalized spacial score (nSPS) is 21.1. The van der Waals surface area contributed by atoms with E-state index < -0.39 is 0 Å². The fraction of sp³-hybridized carbons (Fsp3) is 0.571. The summed E-state index contributed by atoms with van der Waals surface area (Å²) >= 11 is 0. The van der Waals surface area contributed by atoms with E-state index in [-0.39, 0.29) is 6.10 Å². The first-order valence-corrected chi connectivity index (χ1v) is 6.23. The molecule has 0 aliphatic carbocycles. The summed E-state index contributed by atoms with van der Waals surface area (Å²) in [5, 5.41) is 3.45. The van der Waals surface area contributed by atoms with Gasteiger partial charge in [-0.05, 0) is 56.8 Å². The lowest BCUT2D eigenvalue weighted by Crippen LogP contribution is -2.28. The average molecular weight is 219 g/mol. The van der Waals surface area contributed by atoms with Crippen molar-refractivity contribution in [2.45, 2.75) is 38.7 Å². The standard InChI is InChI=1S/C14H21NO/c1-11(2)16-14-7-3-5-12(9-14)13-6-4-8-15-10-13/h3,5,7,9,11,13,15H,4,6,8,10H2,1-2H3. The van der Waals surface area contributed by atoms with Crippen molar-refractivity contribution in [1.82, 2.24) is 5.32 Å². The first kappa shape index (κ1) is 11.5. The topological polar surface area (TPSA) is 21.3 Å². The molecule has 1 aromatic rings. The molecule has 1 unspecified atom stereocenters. The van der Waals surface area contributed by atoms with Gasteiger partial charge >= 0.3 is 0 Å². The number of hydrogen-bond donors (Lipinski definition) is 1. The summed E-state index contributed by atoms with van der Waals surface area (Å²) in [6.45, 7) is 6.40. The van der Waals surface area contributed by atoms with Crippen LogP contribution in [0.2, 0.25) is 0 Å². The third-order valence-electron chi connectivity index (χ3n) is 3.00. The fourth-order valence-electron chi connectivity index (χ4n) is 2.25. The highest BCUT2D eigenvalue weighted by Crippen LogP contribution is 2.26. The smallest absolute Gasteiger partial charge is 0.119 e. The Balaban J connectivity index is 2.08. The molecule has 0 radical (unpaired) electrons. The molecule has 1 saturated heterocycles. The molecule has 1 N–H and O–H groups in total. The minimum absolute atomic E-state index is 0.250. The summed E-state index contributed by atoms with van der Waals surface area (Å²) in [7, 11) is 0. The van der Waals surface area contributed by atoms with E-state index in [0.717, 1.165) is 12.3 Å². The van der Waals surface area contributed by atoms with Gasteiger partial charge in [-0.25, -0.2) is 0 Å². The molecule has 1 heterocycles. The SMILES string of the molecule is CC(C)Oc1cccc(C2CCCNC2)c1. The maximum Gasteiger partial charge on any atom is 0.119 e. The summed E-state index contributed by atoms with van der Waals surface area (Å²) < 4.78 is 5.73. The maximum absolute atomic E-state index is 5.73. The molecule has 16 heavy (non-hydrogen) atoms. The number of piperidine rings is 1. The van der Waals surface area contributed by atoms with E-state index in [9.17, 15) is 0 Å². The Morgan fingerprint density at radius 3 is 2.94 bits per heavy atom. The Kier molecular flexibility index (Phi) is 3.83. The number of hydrogen-bond acceptors (Lipinski definition) is 2. The van der Waals surface area contributed by atoms with E-state index in [4.69, 9.17) is 4.74 Å². The molecule has 2 heteroatoms. The zero-order chi connectivity index (χ0) is 11.4. The van der Waals surface area contributed by atoms with Gasteiger partial charge in [0.25, 0.3) is 0 Å². The molecule has 1 aliphatic rings. The minimum Gasteiger partial charge on any atom is -0.491 e. The minimum atomic E-state index is 0.250. The van der Waals surface area contributed by atoms with Crippen molar-refractivity contribution < 1.29 is 4.74 Å². The Labute approximate surface area is 98.0 Å². The van der Waals surface area contributed by atoms with Crippen LogP contribution in [-0.2, 0) is 0 Å². The molecule has 1 atom stereocenters. The van der Waals surface area contributed by atoms with Gasteiger partial charge in [0.15, 0.2) is 0 Å². The van der Waals surface area contributed by atoms with Crippen molar-refractivity contribution in [3.8, 4) is 5.75 Å². The highest BCUT2D eigenvalue weighted by atomic mass is 16.5. The first-order valence-electron chi connectivity index (χ1n) is 6.23. The predicted octanol–water partition coefficient (Wildman–Crippen LogP) is 2.94. The molecule has 0 spiro atoms. The zero-order valence-corrected chi connectivity index (χ0v) is 10.2. The van der Waals surface area contributed by atoms with Crippen LogP contribution in [0.4, 0.5) is 0 Å². The van der Waals surface area contributed by atoms with Crippen LogP contribution >= 0.6 is 0 Å². The van der Waals surface area contributed by atoms with Crippen molar-refractivity contribution in [2.24, 2.45) is 0 Å². The van der Waals surface area contributed by atoms with Crippen LogP contribution < -0.4 is 10.1 Å². The molecule has 0 saturated carbocycles. The fourth-order valence-corrected chi connectivity index (χ4v) is 2.25. The van der Waals surface area contributed by atoms with E-state index in [2.05, 4.69) is 37.4 Å². The largest absolute Gasteiger partial charge is 0.491 e. The summed E-state index contributed by atoms with van der Waals surface area (Å²) in [5.74, 6) is 1.66. The maximum atomic E-state index is 5.73. The number of ether oxygens (including phenoxy) is 1. The monoisotopic (exact) mass is 219 g/mol. The number of nitrogens with one attached hydrogen (secondary N) is 1. The zero-order valence-electron chi connectivity index (χ0n) is 10.2. The van der Waals surface area contributed by atoms with Gasteiger partial charge in [-0.3, -0.25) is 0 Å². The van der Waals surface area contributed by atoms with E-state index in [1.54, 1.807) is 0 Å². The second-order valence-electron chi connectivity index (χ2n) is 4.78. The highest BCUT2D eigenvalue weighted by molar-refractivity contribution is 5.31. The molecule has 2 rings (SSSR count). The molecule has 0 aromatic heterocycles. The van der Waals surface area contributed by atoms with E-state index >= 15 is 0 Å². The van der Waals surface area contributed by atoms with Crippen LogP contribution in [0.1, 0.15) is 38.2 Å². The van der Waals surface area contributed by atoms with Crippen LogP contribution in [0.5, 0.6) is 5.75 Å². The van der Waals surface area contributed by atoms with Gasteiger partial charge < -0.3 is 10.1 Å². The van der Waals surface area contributed by atoms with Crippen LogP contribution in [0.25, 0.3) is 0 Å². The van der Waals surface area contributed by atoms with Crippen molar-refractivity contribution in [2.75, 3.05) is 13.1 Å². The third-order valence-corrected chi connectivity index (χ3v) is 3.00. The molecule has 2 nitrogen and oxygen atoms in total. The Bertz CT molecular complexity index is 329. The average Bonchev–Trinajstić information content (AvgIpc) is 2.30. The van der Waals surface area contributed by atoms with Crippen LogP contribution in [0.3, 0.4) is 0 Å². The molecule has 0 bridgehead atoms. The van der Waals surface area contributed by atoms with Gasteiger partial charge in [0, 0.05) is 6.54 Å². The molecule has 1 aliphatic heterocycles. The van der Waals surface area contributed by atoms with Crippen molar-refractivity contribution in [3.63, 3.8) is 0 Å². The molecular formula is C14H21NO. The van der Waals surface area contributed by atoms with Crippen LogP contribution in [0.15, 0.2) is 24.3 Å². The van der Waals surface area contributed by atoms with E-state index in [1.807, 2.05) is 6.07 Å². The lowest BCUT2D eigenvalue weighted by molar-refractivity contribution is 0.242. The van der Waals surface area contributed by atoms with Gasteiger partial charge in [0.2, 0.25) is 0 Å². The summed E-state index contributed by atoms with van der Waals surface area (Å²) in [6, 6.07) is 8.55. The summed E-state index contributed by atoms with van der Waals surface area (Å²) in [4.78, 5) is 0. The molecule has 1 fully saturated rings. The highest BCUT2D eigenvalue weighted by Gasteiger charge is 2.15. The van der Waals surface area contributed by atoms with Crippen LogP contribution in [-0.4, -0.2) is 19.2 Å². The number of rotatable bonds is 3. The lowest BCUT2D eigenvalue weighted by Gasteiger charge is -2.23. The van der Waals surface area contributed by atoms with Gasteiger partial charge in [-0.1, -0.05) is 12.1 Å². The lowest BCUT2D eigenvalue weighted by atomic mass is 9.92. The third kappa shape index (κ3) is 2.99. The van der Waals surface area contributed by atoms with E-state index in [0.29, 0.717) is 5.92 Å². The first-order chi connectivity index (χ1) is 7.75. The molecular weight excluding hydrogens is 198 g/mol. The Hall–Kier alpha value is -1.02. The van der Waals surface area contributed by atoms with Gasteiger partial charge in [-0.15, -0.1) is 0 Å². The van der Waals surface area contributed by atoms with Gasteiger partial charge in [0.05, 0.1) is 6.10 Å². The van der Waals surface area contributed by atoms with Gasteiger partial charge in [-0.2, -0.15) is 0 Å². The quantitative estimate of drug-likeness (QED) is 0.844. The second kappa shape index (κ2) is 5.35. The Morgan fingerprint density at radius 2 is 2.25 bits per heavy atom. The van der Waals surface area contributed by atoms with Gasteiger partial charge in [0.1, 0.15) is 5.75 Å². The summed E-state index contributed by atoms with van der Waals surface area (Å²) in [6.07, 6.45) is 2.82. The Morgan fingerprint density at radius 1 is 1.38 bits per heavy atom. The molecule has 0 amide bonds. The van der Waals surface area contributed by atoms with Crippen LogP contribution in [0, 0.1) is 0 Å². The van der Waals surface area contributed by atoms with Crippen molar-refractivity contribution in [1.29, 1.82) is 0 Å². The van der Waals surface area contributed by atoms with E-state index in [1.165, 1.54) is 24.9 Å². The van der Waals surface area contributed by atoms with Crippen molar-refractivity contribution in [3.05, 3.63) is 29.8 Å². The van der Waals surface area contributed by atoms with Crippen molar-refractivity contribution >= 4 is 0 Å². The second-order valence-corrected chi connectivity index (χ2v) is 4.78.